The highest BCUT2D eigenvalue weighted by molar-refractivity contribution is 6.06. The monoisotopic (exact) mass is 497 g/mol. The average Bonchev–Trinajstić information content (AvgIpc) is 3.38. The third-order valence-electron chi connectivity index (χ3n) is 7.37. The Balaban J connectivity index is 1.53. The first-order valence-electron chi connectivity index (χ1n) is 13.3. The predicted molar refractivity (Wildman–Crippen MR) is 145 cm³/mol. The lowest BCUT2D eigenvalue weighted by Crippen LogP contribution is -2.33. The number of fused-ring (bicyclic) bond motifs is 1. The lowest BCUT2D eigenvalue weighted by atomic mass is 9.84. The number of nitrogens with zero attached hydrogens (tertiary/aromatic N) is 6. The van der Waals surface area contributed by atoms with Crippen LogP contribution in [0.4, 0.5) is 5.69 Å². The molecule has 4 aromatic rings. The van der Waals surface area contributed by atoms with Gasteiger partial charge in [0, 0.05) is 31.2 Å². The molecule has 5 rings (SSSR count). The maximum atomic E-state index is 14.2. The second kappa shape index (κ2) is 11.5. The summed E-state index contributed by atoms with van der Waals surface area (Å²) >= 11 is 0. The van der Waals surface area contributed by atoms with E-state index in [0.717, 1.165) is 28.1 Å². The van der Waals surface area contributed by atoms with Crippen molar-refractivity contribution in [3.63, 3.8) is 0 Å². The summed E-state index contributed by atoms with van der Waals surface area (Å²) in [4.78, 5) is 29.7. The van der Waals surface area contributed by atoms with Crippen molar-refractivity contribution in [2.45, 2.75) is 71.6 Å². The molecule has 192 valence electrons. The number of rotatable bonds is 9. The third-order valence-corrected chi connectivity index (χ3v) is 7.37. The van der Waals surface area contributed by atoms with Crippen LogP contribution in [0.2, 0.25) is 0 Å². The van der Waals surface area contributed by atoms with Gasteiger partial charge in [0.1, 0.15) is 0 Å². The zero-order valence-corrected chi connectivity index (χ0v) is 21.7. The summed E-state index contributed by atoms with van der Waals surface area (Å²) in [6.45, 7) is 5.75. The lowest BCUT2D eigenvalue weighted by molar-refractivity contribution is 0.0726. The predicted octanol–water partition coefficient (Wildman–Crippen LogP) is 5.46. The molecule has 1 N–H and O–H groups in total. The van der Waals surface area contributed by atoms with Crippen molar-refractivity contribution in [3.05, 3.63) is 78.1 Å². The molecule has 0 spiro atoms. The molecule has 0 radical (unpaired) electrons. The summed E-state index contributed by atoms with van der Waals surface area (Å²) in [6, 6.07) is 11.8. The first-order valence-corrected chi connectivity index (χ1v) is 13.3. The maximum Gasteiger partial charge on any atom is 0.258 e. The van der Waals surface area contributed by atoms with Crippen molar-refractivity contribution in [1.82, 2.24) is 29.6 Å². The lowest BCUT2D eigenvalue weighted by Gasteiger charge is -2.30. The normalized spacial score (nSPS) is 15.0. The number of carbonyl (C=O) groups excluding carboxylic acids is 1. The summed E-state index contributed by atoms with van der Waals surface area (Å²) in [5.74, 6) is 0.479. The Hall–Kier alpha value is -3.81. The van der Waals surface area contributed by atoms with E-state index in [1.807, 2.05) is 54.2 Å². The van der Waals surface area contributed by atoms with Crippen LogP contribution >= 0.6 is 0 Å². The van der Waals surface area contributed by atoms with Gasteiger partial charge < -0.3 is 10.2 Å². The van der Waals surface area contributed by atoms with Crippen LogP contribution in [0.5, 0.6) is 0 Å². The number of anilines is 1. The van der Waals surface area contributed by atoms with E-state index in [2.05, 4.69) is 27.3 Å². The highest BCUT2D eigenvalue weighted by atomic mass is 16.2. The van der Waals surface area contributed by atoms with E-state index in [1.165, 1.54) is 32.1 Å². The van der Waals surface area contributed by atoms with Crippen molar-refractivity contribution < 1.29 is 4.79 Å². The number of nitrogens with one attached hydrogen (secondary N) is 1. The van der Waals surface area contributed by atoms with Crippen LogP contribution in [0.25, 0.3) is 11.0 Å². The highest BCUT2D eigenvalue weighted by Gasteiger charge is 2.27. The fourth-order valence-corrected chi connectivity index (χ4v) is 5.30. The number of aromatic nitrogens is 5. The standard InChI is InChI=1S/C29H35N7O/c1-3-36-28-25(18-33-36)27(34-21(2)22-11-5-4-6-12-22)26(17-32-28)29(37)35(19-23-13-7-9-15-30-23)20-24-14-8-10-16-31-24/h7-10,13-18,21-22H,3-6,11-12,19-20H2,1-2H3,(H,32,34)/t21-/m1/s1. The largest absolute Gasteiger partial charge is 0.381 e. The van der Waals surface area contributed by atoms with Crippen LogP contribution in [-0.4, -0.2) is 41.6 Å². The molecule has 0 aromatic carbocycles. The minimum atomic E-state index is -0.103. The van der Waals surface area contributed by atoms with E-state index in [9.17, 15) is 4.79 Å². The van der Waals surface area contributed by atoms with Crippen molar-refractivity contribution in [1.29, 1.82) is 0 Å². The molecule has 4 aromatic heterocycles. The highest BCUT2D eigenvalue weighted by Crippen LogP contribution is 2.33. The van der Waals surface area contributed by atoms with Crippen molar-refractivity contribution in [2.24, 2.45) is 5.92 Å². The van der Waals surface area contributed by atoms with Gasteiger partial charge in [-0.2, -0.15) is 5.10 Å². The molecule has 8 nitrogen and oxygen atoms in total. The molecular weight excluding hydrogens is 462 g/mol. The molecule has 1 amide bonds. The van der Waals surface area contributed by atoms with Gasteiger partial charge in [0.05, 0.1) is 47.3 Å². The second-order valence-corrected chi connectivity index (χ2v) is 9.88. The van der Waals surface area contributed by atoms with Gasteiger partial charge in [-0.25, -0.2) is 9.67 Å². The molecule has 0 aliphatic heterocycles. The summed E-state index contributed by atoms with van der Waals surface area (Å²) < 4.78 is 1.87. The fourth-order valence-electron chi connectivity index (χ4n) is 5.30. The van der Waals surface area contributed by atoms with Gasteiger partial charge in [-0.1, -0.05) is 31.4 Å². The quantitative estimate of drug-likeness (QED) is 0.330. The molecule has 37 heavy (non-hydrogen) atoms. The molecule has 0 saturated heterocycles. The van der Waals surface area contributed by atoms with Crippen LogP contribution in [0.1, 0.15) is 67.7 Å². The van der Waals surface area contributed by atoms with Crippen molar-refractivity contribution in [2.75, 3.05) is 5.32 Å². The maximum absolute atomic E-state index is 14.2. The van der Waals surface area contributed by atoms with Gasteiger partial charge in [-0.3, -0.25) is 14.8 Å². The van der Waals surface area contributed by atoms with E-state index in [0.29, 0.717) is 31.1 Å². The molecular formula is C29H35N7O. The SMILES string of the molecule is CCn1ncc2c(N[C@H](C)C3CCCCC3)c(C(=O)N(Cc3ccccn3)Cc3ccccn3)cnc21. The average molecular weight is 498 g/mol. The van der Waals surface area contributed by atoms with Crippen LogP contribution in [0, 0.1) is 5.92 Å². The van der Waals surface area contributed by atoms with Crippen LogP contribution < -0.4 is 5.32 Å². The van der Waals surface area contributed by atoms with Crippen molar-refractivity contribution in [3.8, 4) is 0 Å². The van der Waals surface area contributed by atoms with Gasteiger partial charge in [0.2, 0.25) is 0 Å². The summed E-state index contributed by atoms with van der Waals surface area (Å²) in [5, 5.41) is 9.18. The van der Waals surface area contributed by atoms with Crippen LogP contribution in [0.3, 0.4) is 0 Å². The van der Waals surface area contributed by atoms with E-state index in [1.54, 1.807) is 23.5 Å². The van der Waals surface area contributed by atoms with Gasteiger partial charge in [0.25, 0.3) is 5.91 Å². The number of hydrogen-bond donors (Lipinski definition) is 1. The van der Waals surface area contributed by atoms with Gasteiger partial charge in [-0.05, 0) is 56.9 Å². The Labute approximate surface area is 218 Å². The van der Waals surface area contributed by atoms with Crippen molar-refractivity contribution >= 4 is 22.6 Å². The summed E-state index contributed by atoms with van der Waals surface area (Å²) in [7, 11) is 0. The smallest absolute Gasteiger partial charge is 0.258 e. The van der Waals surface area contributed by atoms with Crippen LogP contribution in [-0.2, 0) is 19.6 Å². The van der Waals surface area contributed by atoms with Gasteiger partial charge >= 0.3 is 0 Å². The minimum Gasteiger partial charge on any atom is -0.381 e. The summed E-state index contributed by atoms with van der Waals surface area (Å²) in [6.07, 6.45) is 13.3. The van der Waals surface area contributed by atoms with E-state index < -0.39 is 0 Å². The minimum absolute atomic E-state index is 0.103. The molecule has 8 heteroatoms. The Morgan fingerprint density at radius 2 is 1.68 bits per heavy atom. The van der Waals surface area contributed by atoms with Gasteiger partial charge in [0.15, 0.2) is 5.65 Å². The Morgan fingerprint density at radius 1 is 1.00 bits per heavy atom. The van der Waals surface area contributed by atoms with E-state index in [-0.39, 0.29) is 11.9 Å². The van der Waals surface area contributed by atoms with E-state index in [4.69, 9.17) is 4.98 Å². The topological polar surface area (TPSA) is 88.8 Å². The molecule has 0 unspecified atom stereocenters. The number of carbonyl (C=O) groups is 1. The second-order valence-electron chi connectivity index (χ2n) is 9.88. The number of hydrogen-bond acceptors (Lipinski definition) is 6. The number of pyridine rings is 3. The number of amides is 1. The molecule has 4 heterocycles. The molecule has 1 saturated carbocycles. The van der Waals surface area contributed by atoms with Crippen LogP contribution in [0.15, 0.2) is 61.2 Å². The molecule has 1 aliphatic carbocycles. The zero-order chi connectivity index (χ0) is 25.6. The Kier molecular flexibility index (Phi) is 7.73. The zero-order valence-electron chi connectivity index (χ0n) is 21.7. The first kappa shape index (κ1) is 24.9. The number of aryl methyl sites for hydroxylation is 1. The molecule has 1 aliphatic rings. The Morgan fingerprint density at radius 3 is 2.27 bits per heavy atom. The summed E-state index contributed by atoms with van der Waals surface area (Å²) in [5.41, 5.74) is 3.81. The molecule has 0 bridgehead atoms. The molecule has 1 fully saturated rings. The van der Waals surface area contributed by atoms with E-state index >= 15 is 0 Å². The first-order chi connectivity index (χ1) is 18.1. The molecule has 1 atom stereocenters. The third kappa shape index (κ3) is 5.63. The van der Waals surface area contributed by atoms with Gasteiger partial charge in [-0.15, -0.1) is 0 Å². The fraction of sp³-hybridized carbons (Fsp3) is 0.414. The Bertz CT molecular complexity index is 1270.